The standard InChI is InChI=1S/C26H22N2O5.C4H8/c1-18-23(29)28(21-11-7-4-8-12-21)26(31)27(17-19-9-5-3-6-10-19)24(18)33-25(30)20-13-15-22(32-2)16-14-20;1-3-4-2/h3-16H,17H2,1-2H3;3-4H,1-2H3/b;4-3-. The highest BCUT2D eigenvalue weighted by Crippen LogP contribution is 2.19. The van der Waals surface area contributed by atoms with E-state index in [1.54, 1.807) is 61.5 Å². The maximum Gasteiger partial charge on any atom is 0.344 e. The van der Waals surface area contributed by atoms with E-state index in [0.29, 0.717) is 11.4 Å². The van der Waals surface area contributed by atoms with Crippen LogP contribution in [0.4, 0.5) is 0 Å². The summed E-state index contributed by atoms with van der Waals surface area (Å²) in [5, 5.41) is 0. The molecule has 0 saturated carbocycles. The SMILES string of the molecule is C/C=C\C.COc1ccc(C(=O)Oc2c(C)c(=O)n(-c3ccccc3)c(=O)n2Cc2ccccc2)cc1. The van der Waals surface area contributed by atoms with Gasteiger partial charge >= 0.3 is 11.7 Å². The van der Waals surface area contributed by atoms with Crippen LogP contribution in [-0.2, 0) is 6.54 Å². The van der Waals surface area contributed by atoms with Crippen molar-refractivity contribution in [2.75, 3.05) is 7.11 Å². The van der Waals surface area contributed by atoms with Crippen molar-refractivity contribution in [1.82, 2.24) is 9.13 Å². The number of para-hydroxylation sites is 1. The monoisotopic (exact) mass is 498 g/mol. The molecule has 0 fully saturated rings. The second-order valence-corrected chi connectivity index (χ2v) is 8.05. The van der Waals surface area contributed by atoms with Crippen molar-refractivity contribution in [2.45, 2.75) is 27.3 Å². The molecule has 0 aliphatic carbocycles. The van der Waals surface area contributed by atoms with Gasteiger partial charge in [0.1, 0.15) is 5.75 Å². The van der Waals surface area contributed by atoms with Gasteiger partial charge in [-0.15, -0.1) is 0 Å². The first-order valence-corrected chi connectivity index (χ1v) is 11.8. The number of benzene rings is 3. The van der Waals surface area contributed by atoms with Crippen LogP contribution in [0, 0.1) is 6.92 Å². The van der Waals surface area contributed by atoms with E-state index in [1.807, 2.05) is 56.3 Å². The largest absolute Gasteiger partial charge is 0.497 e. The van der Waals surface area contributed by atoms with E-state index in [0.717, 1.165) is 10.1 Å². The minimum Gasteiger partial charge on any atom is -0.497 e. The lowest BCUT2D eigenvalue weighted by atomic mass is 10.2. The van der Waals surface area contributed by atoms with Crippen molar-refractivity contribution in [3.05, 3.63) is 135 Å². The normalized spacial score (nSPS) is 10.5. The zero-order valence-electron chi connectivity index (χ0n) is 21.4. The van der Waals surface area contributed by atoms with Gasteiger partial charge in [-0.05, 0) is 62.7 Å². The minimum absolute atomic E-state index is 0.0816. The highest BCUT2D eigenvalue weighted by atomic mass is 16.5. The molecule has 0 amide bonds. The molecule has 0 aliphatic rings. The Bertz CT molecular complexity index is 1470. The third kappa shape index (κ3) is 6.52. The quantitative estimate of drug-likeness (QED) is 0.271. The Hall–Kier alpha value is -4.65. The minimum atomic E-state index is -0.682. The summed E-state index contributed by atoms with van der Waals surface area (Å²) in [5.41, 5.74) is 0.521. The molecular formula is C30H30N2O5. The van der Waals surface area contributed by atoms with Crippen LogP contribution in [0.1, 0.15) is 35.3 Å². The molecule has 0 atom stereocenters. The molecule has 0 unspecified atom stereocenters. The molecule has 0 N–H and O–H groups in total. The van der Waals surface area contributed by atoms with Gasteiger partial charge in [-0.1, -0.05) is 60.7 Å². The van der Waals surface area contributed by atoms with Gasteiger partial charge in [0.2, 0.25) is 5.88 Å². The second kappa shape index (κ2) is 12.9. The number of aromatic nitrogens is 2. The number of carbonyl (C=O) groups is 1. The lowest BCUT2D eigenvalue weighted by Crippen LogP contribution is -2.41. The predicted molar refractivity (Wildman–Crippen MR) is 145 cm³/mol. The van der Waals surface area contributed by atoms with Gasteiger partial charge in [0, 0.05) is 0 Å². The molecule has 7 heteroatoms. The summed E-state index contributed by atoms with van der Waals surface area (Å²) < 4.78 is 13.1. The van der Waals surface area contributed by atoms with E-state index in [2.05, 4.69) is 0 Å². The van der Waals surface area contributed by atoms with Crippen LogP contribution in [0.5, 0.6) is 11.6 Å². The van der Waals surface area contributed by atoms with Crippen LogP contribution < -0.4 is 20.7 Å². The molecule has 3 aromatic carbocycles. The van der Waals surface area contributed by atoms with E-state index in [1.165, 1.54) is 11.7 Å². The molecule has 0 radical (unpaired) electrons. The predicted octanol–water partition coefficient (Wildman–Crippen LogP) is 5.17. The summed E-state index contributed by atoms with van der Waals surface area (Å²) in [6.45, 7) is 5.66. The number of rotatable bonds is 6. The molecule has 7 nitrogen and oxygen atoms in total. The fourth-order valence-corrected chi connectivity index (χ4v) is 3.47. The highest BCUT2D eigenvalue weighted by molar-refractivity contribution is 5.91. The summed E-state index contributed by atoms with van der Waals surface area (Å²) in [6, 6.07) is 24.3. The average molecular weight is 499 g/mol. The van der Waals surface area contributed by atoms with Crippen LogP contribution in [0.3, 0.4) is 0 Å². The summed E-state index contributed by atoms with van der Waals surface area (Å²) >= 11 is 0. The Morgan fingerprint density at radius 2 is 1.41 bits per heavy atom. The highest BCUT2D eigenvalue weighted by Gasteiger charge is 2.22. The van der Waals surface area contributed by atoms with Gasteiger partial charge < -0.3 is 9.47 Å². The average Bonchev–Trinajstić information content (AvgIpc) is 2.95. The number of methoxy groups -OCH3 is 1. The molecule has 190 valence electrons. The first-order chi connectivity index (χ1) is 17.9. The molecule has 0 aliphatic heterocycles. The van der Waals surface area contributed by atoms with Crippen molar-refractivity contribution in [3.63, 3.8) is 0 Å². The number of hydrogen-bond acceptors (Lipinski definition) is 5. The lowest BCUT2D eigenvalue weighted by Gasteiger charge is -2.18. The van der Waals surface area contributed by atoms with Crippen molar-refractivity contribution in [2.24, 2.45) is 0 Å². The van der Waals surface area contributed by atoms with E-state index < -0.39 is 17.2 Å². The topological polar surface area (TPSA) is 79.5 Å². The Morgan fingerprint density at radius 1 is 0.838 bits per heavy atom. The van der Waals surface area contributed by atoms with Crippen LogP contribution in [0.2, 0.25) is 0 Å². The number of hydrogen-bond donors (Lipinski definition) is 0. The van der Waals surface area contributed by atoms with Crippen LogP contribution in [-0.4, -0.2) is 22.2 Å². The second-order valence-electron chi connectivity index (χ2n) is 8.05. The lowest BCUT2D eigenvalue weighted by molar-refractivity contribution is 0.0716. The first-order valence-electron chi connectivity index (χ1n) is 11.8. The van der Waals surface area contributed by atoms with Gasteiger partial charge in [0.25, 0.3) is 5.56 Å². The van der Waals surface area contributed by atoms with Gasteiger partial charge in [0.05, 0.1) is 30.5 Å². The van der Waals surface area contributed by atoms with Gasteiger partial charge in [-0.2, -0.15) is 0 Å². The van der Waals surface area contributed by atoms with Crippen molar-refractivity contribution < 1.29 is 14.3 Å². The smallest absolute Gasteiger partial charge is 0.344 e. The van der Waals surface area contributed by atoms with E-state index in [4.69, 9.17) is 9.47 Å². The Kier molecular flexibility index (Phi) is 9.38. The Balaban J connectivity index is 0.000000886. The summed E-state index contributed by atoms with van der Waals surface area (Å²) in [4.78, 5) is 39.5. The van der Waals surface area contributed by atoms with Gasteiger partial charge in [0.15, 0.2) is 0 Å². The maximum atomic E-state index is 13.5. The van der Waals surface area contributed by atoms with E-state index >= 15 is 0 Å². The van der Waals surface area contributed by atoms with Crippen LogP contribution in [0.15, 0.2) is 107 Å². The number of allylic oxidation sites excluding steroid dienone is 2. The fraction of sp³-hybridized carbons (Fsp3) is 0.167. The third-order valence-corrected chi connectivity index (χ3v) is 5.56. The first kappa shape index (κ1) is 26.9. The van der Waals surface area contributed by atoms with Crippen LogP contribution in [0.25, 0.3) is 5.69 Å². The maximum absolute atomic E-state index is 13.5. The number of ether oxygens (including phenoxy) is 2. The van der Waals surface area contributed by atoms with Crippen molar-refractivity contribution in [1.29, 1.82) is 0 Å². The third-order valence-electron chi connectivity index (χ3n) is 5.56. The zero-order chi connectivity index (χ0) is 26.8. The van der Waals surface area contributed by atoms with Gasteiger partial charge in [-0.25, -0.2) is 14.2 Å². The Morgan fingerprint density at radius 3 is 1.95 bits per heavy atom. The van der Waals surface area contributed by atoms with Crippen LogP contribution >= 0.6 is 0 Å². The number of carbonyl (C=O) groups excluding carboxylic acids is 1. The van der Waals surface area contributed by atoms with Crippen molar-refractivity contribution >= 4 is 5.97 Å². The molecular weight excluding hydrogens is 468 g/mol. The molecule has 0 spiro atoms. The summed E-state index contributed by atoms with van der Waals surface area (Å²) in [7, 11) is 1.53. The van der Waals surface area contributed by atoms with Gasteiger partial charge in [-0.3, -0.25) is 9.36 Å². The molecule has 1 aromatic heterocycles. The summed E-state index contributed by atoms with van der Waals surface area (Å²) in [5.74, 6) is -0.171. The molecule has 37 heavy (non-hydrogen) atoms. The zero-order valence-corrected chi connectivity index (χ0v) is 21.4. The number of nitrogens with zero attached hydrogens (tertiary/aromatic N) is 2. The molecule has 0 saturated heterocycles. The molecule has 4 aromatic rings. The number of esters is 1. The summed E-state index contributed by atoms with van der Waals surface area (Å²) in [6.07, 6.45) is 4.00. The van der Waals surface area contributed by atoms with Crippen molar-refractivity contribution in [3.8, 4) is 17.3 Å². The molecule has 1 heterocycles. The van der Waals surface area contributed by atoms with E-state index in [9.17, 15) is 14.4 Å². The Labute approximate surface area is 215 Å². The van der Waals surface area contributed by atoms with E-state index in [-0.39, 0.29) is 23.6 Å². The molecule has 0 bridgehead atoms. The fourth-order valence-electron chi connectivity index (χ4n) is 3.47. The molecule has 4 rings (SSSR count).